The van der Waals surface area contributed by atoms with Gasteiger partial charge < -0.3 is 51.4 Å². The quantitative estimate of drug-likeness (QED) is 0.108. The third-order valence-corrected chi connectivity index (χ3v) is 6.57. The highest BCUT2D eigenvalue weighted by Crippen LogP contribution is 2.33. The maximum absolute atomic E-state index is 12.3. The highest BCUT2D eigenvalue weighted by atomic mass is 35.5. The molecule has 220 valence electrons. The number of nitrogens with two attached hydrogens (primary N) is 1. The molecule has 6 atom stereocenters. The Kier molecular flexibility index (Phi) is 13.5. The molecule has 2 rings (SSSR count). The van der Waals surface area contributed by atoms with E-state index in [1.807, 2.05) is 0 Å². The van der Waals surface area contributed by atoms with E-state index in [9.17, 15) is 34.8 Å². The molecule has 0 bridgehead atoms. The number of unbranched alkanes of at least 4 members (excludes halogenated alkanes) is 3. The van der Waals surface area contributed by atoms with Crippen LogP contribution in [0.3, 0.4) is 0 Å². The summed E-state index contributed by atoms with van der Waals surface area (Å²) >= 11 is 5.83. The Hall–Kier alpha value is -2.36. The summed E-state index contributed by atoms with van der Waals surface area (Å²) in [6.45, 7) is -0.909. The van der Waals surface area contributed by atoms with Gasteiger partial charge in [0.2, 0.25) is 11.8 Å². The molecule has 1 aliphatic heterocycles. The number of amides is 2. The van der Waals surface area contributed by atoms with Crippen LogP contribution in [0.1, 0.15) is 37.7 Å². The first kappa shape index (κ1) is 32.8. The molecule has 2 amide bonds. The fourth-order valence-electron chi connectivity index (χ4n) is 4.19. The van der Waals surface area contributed by atoms with Crippen molar-refractivity contribution in [2.24, 2.45) is 5.73 Å². The standard InChI is InChI=1S/C25H38ClN3O10/c26-16-7-5-15(6-8-16)11-19(33)28-13-18(32)22(35)23-21(29-20(34)14-30)17(31)12-25(39-23,24(36)37)38-10-4-2-1-3-9-27/h5-8,17-18,21-23,30-32,35H,1-4,9-14,27H2,(H,28,33)(H,29,34)(H,36,37)/t17-,18+,21+,22+,23+,25+/m0/s1. The molecule has 1 saturated heterocycles. The zero-order valence-corrected chi connectivity index (χ0v) is 22.3. The van der Waals surface area contributed by atoms with Crippen molar-refractivity contribution in [3.8, 4) is 0 Å². The fraction of sp³-hybridized carbons (Fsp3) is 0.640. The van der Waals surface area contributed by atoms with E-state index in [1.165, 1.54) is 0 Å². The van der Waals surface area contributed by atoms with Gasteiger partial charge in [-0.15, -0.1) is 0 Å². The van der Waals surface area contributed by atoms with Crippen LogP contribution in [0.15, 0.2) is 24.3 Å². The van der Waals surface area contributed by atoms with Gasteiger partial charge >= 0.3 is 5.97 Å². The Morgan fingerprint density at radius 1 is 1.13 bits per heavy atom. The second-order valence-electron chi connectivity index (χ2n) is 9.38. The van der Waals surface area contributed by atoms with E-state index in [0.29, 0.717) is 30.0 Å². The van der Waals surface area contributed by atoms with Gasteiger partial charge in [-0.25, -0.2) is 4.79 Å². The molecule has 1 aliphatic rings. The summed E-state index contributed by atoms with van der Waals surface area (Å²) in [6.07, 6.45) is -4.66. The molecule has 1 aromatic carbocycles. The van der Waals surface area contributed by atoms with Crippen LogP contribution < -0.4 is 16.4 Å². The third kappa shape index (κ3) is 9.96. The highest BCUT2D eigenvalue weighted by Gasteiger charge is 2.55. The van der Waals surface area contributed by atoms with Crippen LogP contribution in [0.25, 0.3) is 0 Å². The highest BCUT2D eigenvalue weighted by molar-refractivity contribution is 6.30. The smallest absolute Gasteiger partial charge is 0.364 e. The maximum Gasteiger partial charge on any atom is 0.364 e. The molecule has 9 N–H and O–H groups in total. The van der Waals surface area contributed by atoms with Crippen molar-refractivity contribution in [2.45, 2.75) is 74.8 Å². The van der Waals surface area contributed by atoms with Gasteiger partial charge in [-0.3, -0.25) is 9.59 Å². The van der Waals surface area contributed by atoms with Gasteiger partial charge in [-0.05, 0) is 37.1 Å². The summed E-state index contributed by atoms with van der Waals surface area (Å²) in [5.41, 5.74) is 6.12. The van der Waals surface area contributed by atoms with Gasteiger partial charge in [0, 0.05) is 18.0 Å². The van der Waals surface area contributed by atoms with Crippen LogP contribution in [0.5, 0.6) is 0 Å². The Morgan fingerprint density at radius 3 is 2.41 bits per heavy atom. The lowest BCUT2D eigenvalue weighted by Crippen LogP contribution is -2.68. The van der Waals surface area contributed by atoms with Crippen molar-refractivity contribution in [1.82, 2.24) is 10.6 Å². The summed E-state index contributed by atoms with van der Waals surface area (Å²) in [4.78, 5) is 36.4. The van der Waals surface area contributed by atoms with E-state index in [4.69, 9.17) is 31.9 Å². The number of nitrogens with one attached hydrogen (secondary N) is 2. The molecule has 1 aromatic rings. The van der Waals surface area contributed by atoms with Gasteiger partial charge in [0.1, 0.15) is 18.8 Å². The van der Waals surface area contributed by atoms with Crippen molar-refractivity contribution in [3.05, 3.63) is 34.9 Å². The third-order valence-electron chi connectivity index (χ3n) is 6.32. The Labute approximate surface area is 231 Å². The minimum atomic E-state index is -2.38. The topological polar surface area (TPSA) is 221 Å². The maximum atomic E-state index is 12.3. The molecule has 1 heterocycles. The molecular formula is C25H38ClN3O10. The Morgan fingerprint density at radius 2 is 1.79 bits per heavy atom. The monoisotopic (exact) mass is 575 g/mol. The molecular weight excluding hydrogens is 538 g/mol. The number of aliphatic carboxylic acids is 1. The van der Waals surface area contributed by atoms with Crippen LogP contribution in [0.2, 0.25) is 5.02 Å². The fourth-order valence-corrected chi connectivity index (χ4v) is 4.32. The van der Waals surface area contributed by atoms with Gasteiger partial charge in [0.15, 0.2) is 0 Å². The van der Waals surface area contributed by atoms with Crippen molar-refractivity contribution in [3.63, 3.8) is 0 Å². The lowest BCUT2D eigenvalue weighted by Gasteiger charge is -2.46. The van der Waals surface area contributed by atoms with Crippen molar-refractivity contribution >= 4 is 29.4 Å². The number of rotatable bonds is 16. The van der Waals surface area contributed by atoms with Gasteiger partial charge in [0.05, 0.1) is 31.3 Å². The lowest BCUT2D eigenvalue weighted by molar-refractivity contribution is -0.310. The molecule has 0 spiro atoms. The van der Waals surface area contributed by atoms with Gasteiger partial charge in [-0.2, -0.15) is 0 Å². The number of aliphatic hydroxyl groups excluding tert-OH is 4. The predicted molar refractivity (Wildman–Crippen MR) is 139 cm³/mol. The Bertz CT molecular complexity index is 937. The molecule has 0 aliphatic carbocycles. The summed E-state index contributed by atoms with van der Waals surface area (Å²) in [7, 11) is 0. The zero-order valence-electron chi connectivity index (χ0n) is 21.5. The molecule has 0 unspecified atom stereocenters. The number of benzene rings is 1. The van der Waals surface area contributed by atoms with Crippen molar-refractivity contribution in [1.29, 1.82) is 0 Å². The van der Waals surface area contributed by atoms with E-state index < -0.39 is 73.6 Å². The minimum Gasteiger partial charge on any atom is -0.477 e. The van der Waals surface area contributed by atoms with Gasteiger partial charge in [-0.1, -0.05) is 36.6 Å². The van der Waals surface area contributed by atoms with E-state index in [0.717, 1.165) is 12.8 Å². The number of carboxylic acid groups (broad SMARTS) is 1. The predicted octanol–water partition coefficient (Wildman–Crippen LogP) is -1.34. The summed E-state index contributed by atoms with van der Waals surface area (Å²) in [6, 6.07) is 5.14. The summed E-state index contributed by atoms with van der Waals surface area (Å²) in [5, 5.41) is 56.6. The number of hydrogen-bond donors (Lipinski definition) is 8. The Balaban J connectivity index is 2.11. The molecule has 39 heavy (non-hydrogen) atoms. The molecule has 13 nitrogen and oxygen atoms in total. The number of carboxylic acids is 1. The summed E-state index contributed by atoms with van der Waals surface area (Å²) in [5.74, 6) is -5.35. The zero-order chi connectivity index (χ0) is 29.0. The van der Waals surface area contributed by atoms with E-state index in [-0.39, 0.29) is 13.0 Å². The van der Waals surface area contributed by atoms with E-state index >= 15 is 0 Å². The first-order chi connectivity index (χ1) is 18.5. The second-order valence-corrected chi connectivity index (χ2v) is 9.82. The molecule has 0 aromatic heterocycles. The first-order valence-corrected chi connectivity index (χ1v) is 13.1. The number of carbonyl (C=O) groups excluding carboxylic acids is 2. The average Bonchev–Trinajstić information content (AvgIpc) is 2.91. The van der Waals surface area contributed by atoms with E-state index in [1.54, 1.807) is 24.3 Å². The van der Waals surface area contributed by atoms with Crippen LogP contribution >= 0.6 is 11.6 Å². The van der Waals surface area contributed by atoms with Crippen LogP contribution in [0.4, 0.5) is 0 Å². The molecule has 0 radical (unpaired) electrons. The largest absolute Gasteiger partial charge is 0.477 e. The van der Waals surface area contributed by atoms with Crippen molar-refractivity contribution in [2.75, 3.05) is 26.3 Å². The van der Waals surface area contributed by atoms with Crippen molar-refractivity contribution < 1.29 is 49.4 Å². The normalized spacial score (nSPS) is 24.5. The SMILES string of the molecule is NCCCCCCO[C@]1(C(=O)O)C[C@H](O)[C@@H](NC(=O)CO)[C@H]([C@H](O)[C@H](O)CNC(=O)Cc2ccc(Cl)cc2)O1. The second kappa shape index (κ2) is 16.0. The number of aliphatic hydroxyl groups is 4. The van der Waals surface area contributed by atoms with E-state index in [2.05, 4.69) is 10.6 Å². The minimum absolute atomic E-state index is 0.0327. The number of ether oxygens (including phenoxy) is 2. The lowest BCUT2D eigenvalue weighted by atomic mass is 9.88. The molecule has 14 heteroatoms. The van der Waals surface area contributed by atoms with Gasteiger partial charge in [0.25, 0.3) is 5.79 Å². The number of halogens is 1. The molecule has 1 fully saturated rings. The van der Waals surface area contributed by atoms with Crippen LogP contribution in [-0.4, -0.2) is 106 Å². The van der Waals surface area contributed by atoms with Crippen LogP contribution in [0, 0.1) is 0 Å². The molecule has 0 saturated carbocycles. The first-order valence-electron chi connectivity index (χ1n) is 12.7. The summed E-state index contributed by atoms with van der Waals surface area (Å²) < 4.78 is 11.2. The average molecular weight is 576 g/mol. The number of hydrogen-bond acceptors (Lipinski definition) is 10. The van der Waals surface area contributed by atoms with Crippen LogP contribution in [-0.2, 0) is 30.3 Å². The number of carbonyl (C=O) groups is 3.